The number of fused-ring (bicyclic) bond motifs is 1. The Kier molecular flexibility index (Phi) is 12.2. The standard InChI is InChI=1S/C26H38O2/c27-26-25-22-18-17-21-24(25)20-16-14-12-10-8-6-4-2-1-3-5-7-9-11-13-15-19-23-28-26/h17-18,21-22H,1-15,19,23H2. The quantitative estimate of drug-likeness (QED) is 0.344. The number of cyclic esters (lactones) is 1. The van der Waals surface area contributed by atoms with Crippen molar-refractivity contribution in [2.24, 2.45) is 0 Å². The fourth-order valence-corrected chi connectivity index (χ4v) is 3.78. The maximum absolute atomic E-state index is 12.4. The highest BCUT2D eigenvalue weighted by molar-refractivity contribution is 5.92. The van der Waals surface area contributed by atoms with Crippen molar-refractivity contribution in [2.45, 2.75) is 103 Å². The predicted molar refractivity (Wildman–Crippen MR) is 117 cm³/mol. The molecule has 0 spiro atoms. The third-order valence-corrected chi connectivity index (χ3v) is 5.55. The van der Waals surface area contributed by atoms with E-state index in [1.165, 1.54) is 77.0 Å². The highest BCUT2D eigenvalue weighted by Gasteiger charge is 2.10. The van der Waals surface area contributed by atoms with Crippen molar-refractivity contribution in [1.29, 1.82) is 0 Å². The Bertz CT molecular complexity index is 608. The van der Waals surface area contributed by atoms with E-state index in [1.54, 1.807) is 0 Å². The van der Waals surface area contributed by atoms with Crippen LogP contribution >= 0.6 is 0 Å². The van der Waals surface area contributed by atoms with Crippen molar-refractivity contribution < 1.29 is 9.53 Å². The molecule has 0 N–H and O–H groups in total. The Morgan fingerprint density at radius 2 is 1.14 bits per heavy atom. The van der Waals surface area contributed by atoms with E-state index in [4.69, 9.17) is 4.74 Å². The van der Waals surface area contributed by atoms with E-state index in [-0.39, 0.29) is 5.97 Å². The van der Waals surface area contributed by atoms with Gasteiger partial charge in [-0.05, 0) is 25.0 Å². The second-order valence-corrected chi connectivity index (χ2v) is 8.04. The number of rotatable bonds is 0. The largest absolute Gasteiger partial charge is 0.462 e. The number of esters is 1. The van der Waals surface area contributed by atoms with E-state index in [0.717, 1.165) is 31.2 Å². The van der Waals surface area contributed by atoms with E-state index < -0.39 is 0 Å². The summed E-state index contributed by atoms with van der Waals surface area (Å²) in [6.07, 6.45) is 20.4. The van der Waals surface area contributed by atoms with Gasteiger partial charge in [-0.2, -0.15) is 0 Å². The van der Waals surface area contributed by atoms with Gasteiger partial charge in [-0.1, -0.05) is 107 Å². The van der Waals surface area contributed by atoms with E-state index in [1.807, 2.05) is 24.3 Å². The summed E-state index contributed by atoms with van der Waals surface area (Å²) in [5.74, 6) is 6.20. The molecule has 2 nitrogen and oxygen atoms in total. The summed E-state index contributed by atoms with van der Waals surface area (Å²) in [5.41, 5.74) is 1.40. The zero-order valence-corrected chi connectivity index (χ0v) is 17.6. The van der Waals surface area contributed by atoms with E-state index in [2.05, 4.69) is 11.8 Å². The topological polar surface area (TPSA) is 26.3 Å². The van der Waals surface area contributed by atoms with Gasteiger partial charge in [0.25, 0.3) is 0 Å². The first-order chi connectivity index (χ1) is 13.9. The van der Waals surface area contributed by atoms with Gasteiger partial charge in [-0.3, -0.25) is 0 Å². The van der Waals surface area contributed by atoms with Crippen molar-refractivity contribution in [3.63, 3.8) is 0 Å². The minimum atomic E-state index is -0.233. The van der Waals surface area contributed by atoms with Gasteiger partial charge in [0.2, 0.25) is 0 Å². The normalized spacial score (nSPS) is 19.5. The van der Waals surface area contributed by atoms with E-state index in [9.17, 15) is 4.79 Å². The van der Waals surface area contributed by atoms with Crippen LogP contribution in [0.5, 0.6) is 0 Å². The lowest BCUT2D eigenvalue weighted by atomic mass is 10.0. The second kappa shape index (κ2) is 15.2. The first-order valence-electron chi connectivity index (χ1n) is 11.6. The Morgan fingerprint density at radius 1 is 0.643 bits per heavy atom. The SMILES string of the molecule is O=C1OCCCCCCCCCCCCCCCCCC#Cc2ccccc21. The zero-order chi connectivity index (χ0) is 19.7. The van der Waals surface area contributed by atoms with E-state index >= 15 is 0 Å². The molecule has 2 heteroatoms. The van der Waals surface area contributed by atoms with Crippen LogP contribution in [0.3, 0.4) is 0 Å². The Labute approximate surface area is 172 Å². The summed E-state index contributed by atoms with van der Waals surface area (Å²) in [6.45, 7) is 0.514. The Morgan fingerprint density at radius 3 is 1.75 bits per heavy atom. The van der Waals surface area contributed by atoms with Gasteiger partial charge in [-0.15, -0.1) is 0 Å². The molecular formula is C26H38O2. The van der Waals surface area contributed by atoms with Crippen LogP contribution in [0.25, 0.3) is 0 Å². The molecule has 0 atom stereocenters. The van der Waals surface area contributed by atoms with Crippen LogP contribution in [0.1, 0.15) is 119 Å². The van der Waals surface area contributed by atoms with Crippen LogP contribution in [0.15, 0.2) is 24.3 Å². The molecule has 0 unspecified atom stereocenters. The summed E-state index contributed by atoms with van der Waals surface area (Å²) in [5, 5.41) is 0. The molecule has 0 aromatic heterocycles. The predicted octanol–water partition coefficient (Wildman–Crippen LogP) is 7.45. The number of hydrogen-bond donors (Lipinski definition) is 0. The van der Waals surface area contributed by atoms with Gasteiger partial charge in [0, 0.05) is 12.0 Å². The van der Waals surface area contributed by atoms with Crippen LogP contribution in [-0.2, 0) is 4.74 Å². The van der Waals surface area contributed by atoms with Gasteiger partial charge >= 0.3 is 5.97 Å². The van der Waals surface area contributed by atoms with Crippen molar-refractivity contribution in [3.05, 3.63) is 35.4 Å². The minimum absolute atomic E-state index is 0.233. The molecule has 0 amide bonds. The maximum Gasteiger partial charge on any atom is 0.339 e. The summed E-state index contributed by atoms with van der Waals surface area (Å²) in [6, 6.07) is 7.57. The molecule has 0 radical (unpaired) electrons. The van der Waals surface area contributed by atoms with E-state index in [0.29, 0.717) is 12.2 Å². The molecule has 154 valence electrons. The molecule has 0 saturated carbocycles. The molecule has 2 rings (SSSR count). The van der Waals surface area contributed by atoms with Crippen LogP contribution in [0, 0.1) is 11.8 Å². The lowest BCUT2D eigenvalue weighted by Crippen LogP contribution is -2.08. The molecule has 1 aromatic rings. The van der Waals surface area contributed by atoms with Gasteiger partial charge < -0.3 is 4.74 Å². The Balaban J connectivity index is 1.83. The fourth-order valence-electron chi connectivity index (χ4n) is 3.78. The molecule has 1 aromatic carbocycles. The molecule has 28 heavy (non-hydrogen) atoms. The molecule has 1 aliphatic rings. The monoisotopic (exact) mass is 382 g/mol. The third-order valence-electron chi connectivity index (χ3n) is 5.55. The molecule has 1 aliphatic heterocycles. The van der Waals surface area contributed by atoms with Gasteiger partial charge in [-0.25, -0.2) is 4.79 Å². The lowest BCUT2D eigenvalue weighted by Gasteiger charge is -2.07. The summed E-state index contributed by atoms with van der Waals surface area (Å²) in [7, 11) is 0. The molecule has 0 saturated heterocycles. The number of benzene rings is 1. The number of ether oxygens (including phenoxy) is 1. The fraction of sp³-hybridized carbons (Fsp3) is 0.654. The van der Waals surface area contributed by atoms with Gasteiger partial charge in [0.1, 0.15) is 0 Å². The van der Waals surface area contributed by atoms with Crippen LogP contribution < -0.4 is 0 Å². The summed E-state index contributed by atoms with van der Waals surface area (Å²) >= 11 is 0. The van der Waals surface area contributed by atoms with Crippen LogP contribution in [0.2, 0.25) is 0 Å². The second-order valence-electron chi connectivity index (χ2n) is 8.04. The van der Waals surface area contributed by atoms with Crippen molar-refractivity contribution in [1.82, 2.24) is 0 Å². The highest BCUT2D eigenvalue weighted by atomic mass is 16.5. The van der Waals surface area contributed by atoms with Gasteiger partial charge in [0.15, 0.2) is 0 Å². The van der Waals surface area contributed by atoms with Crippen LogP contribution in [0.4, 0.5) is 0 Å². The molecule has 0 bridgehead atoms. The molecular weight excluding hydrogens is 344 g/mol. The van der Waals surface area contributed by atoms with Crippen LogP contribution in [-0.4, -0.2) is 12.6 Å². The Hall–Kier alpha value is -1.75. The minimum Gasteiger partial charge on any atom is -0.462 e. The number of carbonyl (C=O) groups is 1. The molecule has 1 heterocycles. The average molecular weight is 383 g/mol. The van der Waals surface area contributed by atoms with Gasteiger partial charge in [0.05, 0.1) is 12.2 Å². The number of carbonyl (C=O) groups excluding carboxylic acids is 1. The molecule has 0 aliphatic carbocycles. The maximum atomic E-state index is 12.4. The van der Waals surface area contributed by atoms with Crippen molar-refractivity contribution >= 4 is 5.97 Å². The first-order valence-corrected chi connectivity index (χ1v) is 11.6. The zero-order valence-electron chi connectivity index (χ0n) is 17.6. The van der Waals surface area contributed by atoms with Crippen molar-refractivity contribution in [3.8, 4) is 11.8 Å². The first kappa shape index (κ1) is 22.5. The van der Waals surface area contributed by atoms with Crippen molar-refractivity contribution in [2.75, 3.05) is 6.61 Å². The summed E-state index contributed by atoms with van der Waals surface area (Å²) < 4.78 is 5.49. The third kappa shape index (κ3) is 9.98. The summed E-state index contributed by atoms with van der Waals surface area (Å²) in [4.78, 5) is 12.4. The molecule has 0 fully saturated rings. The number of hydrogen-bond acceptors (Lipinski definition) is 2. The smallest absolute Gasteiger partial charge is 0.339 e. The average Bonchev–Trinajstić information content (AvgIpc) is 2.72. The lowest BCUT2D eigenvalue weighted by molar-refractivity contribution is 0.0497. The highest BCUT2D eigenvalue weighted by Crippen LogP contribution is 2.15.